The number of ether oxygens (including phenoxy) is 1. The predicted octanol–water partition coefficient (Wildman–Crippen LogP) is 5.88. The Morgan fingerprint density at radius 2 is 1.40 bits per heavy atom. The summed E-state index contributed by atoms with van der Waals surface area (Å²) in [7, 11) is -4.17. The molecule has 0 aliphatic rings. The maximum absolute atomic E-state index is 14.0. The number of likely N-dealkylation sites (N-methyl/N-ethyl adjacent to an activating group) is 1. The van der Waals surface area contributed by atoms with E-state index in [1.54, 1.807) is 80.6 Å². The van der Waals surface area contributed by atoms with Crippen LogP contribution < -0.4 is 14.4 Å². The molecule has 4 aromatic rings. The van der Waals surface area contributed by atoms with Gasteiger partial charge in [-0.15, -0.1) is 0 Å². The van der Waals surface area contributed by atoms with Gasteiger partial charge in [0.15, 0.2) is 0 Å². The van der Waals surface area contributed by atoms with Crippen molar-refractivity contribution in [3.63, 3.8) is 0 Å². The number of carbonyl (C=O) groups excluding carboxylic acids is 2. The summed E-state index contributed by atoms with van der Waals surface area (Å²) in [6.07, 6.45) is 0. The Kier molecular flexibility index (Phi) is 10.2. The van der Waals surface area contributed by atoms with E-state index in [-0.39, 0.29) is 23.0 Å². The van der Waals surface area contributed by atoms with E-state index >= 15 is 0 Å². The number of rotatable bonds is 12. The summed E-state index contributed by atoms with van der Waals surface area (Å²) in [4.78, 5) is 28.2. The van der Waals surface area contributed by atoms with Gasteiger partial charge in [0.25, 0.3) is 10.0 Å². The molecule has 0 unspecified atom stereocenters. The van der Waals surface area contributed by atoms with Crippen LogP contribution in [0.4, 0.5) is 5.69 Å². The van der Waals surface area contributed by atoms with Crippen LogP contribution in [0.5, 0.6) is 11.5 Å². The normalized spacial score (nSPS) is 11.8. The summed E-state index contributed by atoms with van der Waals surface area (Å²) in [6, 6.07) is 29.6. The zero-order chi connectivity index (χ0) is 30.1. The summed E-state index contributed by atoms with van der Waals surface area (Å²) in [5, 5.41) is 3.17. The fourth-order valence-corrected chi connectivity index (χ4v) is 5.90. The third-order valence-electron chi connectivity index (χ3n) is 6.53. The Balaban J connectivity index is 1.69. The number of amides is 2. The highest BCUT2D eigenvalue weighted by molar-refractivity contribution is 7.92. The van der Waals surface area contributed by atoms with Crippen LogP contribution in [0.2, 0.25) is 5.02 Å². The number of hydrogen-bond acceptors (Lipinski definition) is 5. The molecule has 10 heteroatoms. The molecular weight excluding hydrogens is 574 g/mol. The van der Waals surface area contributed by atoms with Gasteiger partial charge in [-0.3, -0.25) is 13.9 Å². The molecule has 0 bridgehead atoms. The van der Waals surface area contributed by atoms with E-state index in [1.165, 1.54) is 17.0 Å². The summed E-state index contributed by atoms with van der Waals surface area (Å²) in [5.41, 5.74) is 0.888. The Morgan fingerprint density at radius 3 is 2.02 bits per heavy atom. The fraction of sp³-hybridized carbons (Fsp3) is 0.188. The lowest BCUT2D eigenvalue weighted by molar-refractivity contribution is -0.139. The summed E-state index contributed by atoms with van der Waals surface area (Å²) in [5.74, 6) is 0.192. The summed E-state index contributed by atoms with van der Waals surface area (Å²) < 4.78 is 34.7. The quantitative estimate of drug-likeness (QED) is 0.218. The zero-order valence-electron chi connectivity index (χ0n) is 23.3. The third kappa shape index (κ3) is 7.48. The molecule has 0 aliphatic heterocycles. The van der Waals surface area contributed by atoms with Crippen molar-refractivity contribution < 1.29 is 22.7 Å². The van der Waals surface area contributed by atoms with E-state index in [9.17, 15) is 18.0 Å². The number of benzene rings is 4. The Labute approximate surface area is 251 Å². The molecule has 42 heavy (non-hydrogen) atoms. The van der Waals surface area contributed by atoms with Gasteiger partial charge in [0, 0.05) is 18.1 Å². The van der Waals surface area contributed by atoms with Crippen molar-refractivity contribution in [2.45, 2.75) is 31.3 Å². The lowest BCUT2D eigenvalue weighted by atomic mass is 10.1. The number of nitrogens with zero attached hydrogens (tertiary/aromatic N) is 2. The average Bonchev–Trinajstić information content (AvgIpc) is 3.00. The van der Waals surface area contributed by atoms with Crippen LogP contribution in [0, 0.1) is 0 Å². The molecule has 0 saturated heterocycles. The van der Waals surface area contributed by atoms with E-state index in [4.69, 9.17) is 16.3 Å². The number of sulfonamides is 1. The molecule has 0 radical (unpaired) electrons. The molecule has 0 heterocycles. The molecule has 218 valence electrons. The summed E-state index contributed by atoms with van der Waals surface area (Å²) in [6.45, 7) is 3.23. The number of hydrogen-bond donors (Lipinski definition) is 1. The highest BCUT2D eigenvalue weighted by Crippen LogP contribution is 2.29. The SMILES string of the molecule is CCNC(=O)[C@@H](C)N(Cc1ccccc1Cl)C(=O)CN(c1ccc(Oc2ccccc2)cc1)S(=O)(=O)c1ccccc1. The zero-order valence-corrected chi connectivity index (χ0v) is 24.9. The fourth-order valence-electron chi connectivity index (χ4n) is 4.27. The molecule has 2 amide bonds. The van der Waals surface area contributed by atoms with Crippen LogP contribution >= 0.6 is 11.6 Å². The summed E-state index contributed by atoms with van der Waals surface area (Å²) >= 11 is 6.39. The van der Waals surface area contributed by atoms with E-state index < -0.39 is 28.5 Å². The molecule has 8 nitrogen and oxygen atoms in total. The molecule has 0 fully saturated rings. The van der Waals surface area contributed by atoms with Crippen molar-refractivity contribution in [2.24, 2.45) is 0 Å². The van der Waals surface area contributed by atoms with E-state index in [0.717, 1.165) is 4.31 Å². The second kappa shape index (κ2) is 14.0. The van der Waals surface area contributed by atoms with Crippen molar-refractivity contribution >= 4 is 39.1 Å². The first-order valence-electron chi connectivity index (χ1n) is 13.4. The smallest absolute Gasteiger partial charge is 0.264 e. The van der Waals surface area contributed by atoms with Gasteiger partial charge in [-0.05, 0) is 74.0 Å². The van der Waals surface area contributed by atoms with Crippen molar-refractivity contribution in [1.82, 2.24) is 10.2 Å². The Bertz CT molecular complexity index is 1600. The molecular formula is C32H32ClN3O5S. The highest BCUT2D eigenvalue weighted by Gasteiger charge is 2.32. The van der Waals surface area contributed by atoms with Crippen molar-refractivity contribution in [3.8, 4) is 11.5 Å². The van der Waals surface area contributed by atoms with Gasteiger partial charge in [-0.25, -0.2) is 8.42 Å². The standard InChI is InChI=1S/C32H32ClN3O5S/c1-3-34-32(38)24(2)35(22-25-12-10-11-17-30(25)33)31(37)23-36(42(39,40)29-15-8-5-9-16-29)26-18-20-28(21-19-26)41-27-13-6-4-7-14-27/h4-21,24H,3,22-23H2,1-2H3,(H,34,38)/t24-/m1/s1. The second-order valence-electron chi connectivity index (χ2n) is 9.42. The number of carbonyl (C=O) groups is 2. The number of anilines is 1. The predicted molar refractivity (Wildman–Crippen MR) is 164 cm³/mol. The molecule has 0 aliphatic carbocycles. The van der Waals surface area contributed by atoms with Gasteiger partial charge in [0.05, 0.1) is 10.6 Å². The van der Waals surface area contributed by atoms with Gasteiger partial charge in [-0.2, -0.15) is 0 Å². The molecule has 0 spiro atoms. The Morgan fingerprint density at radius 1 is 0.833 bits per heavy atom. The first-order valence-corrected chi connectivity index (χ1v) is 15.2. The number of para-hydroxylation sites is 1. The van der Waals surface area contributed by atoms with Crippen molar-refractivity contribution in [3.05, 3.63) is 120 Å². The van der Waals surface area contributed by atoms with Gasteiger partial charge >= 0.3 is 0 Å². The van der Waals surface area contributed by atoms with Crippen LogP contribution in [0.1, 0.15) is 19.4 Å². The maximum atomic E-state index is 14.0. The van der Waals surface area contributed by atoms with Gasteiger partial charge in [-0.1, -0.05) is 66.2 Å². The monoisotopic (exact) mass is 605 g/mol. The van der Waals surface area contributed by atoms with E-state index in [1.807, 2.05) is 30.3 Å². The van der Waals surface area contributed by atoms with Crippen LogP contribution in [0.3, 0.4) is 0 Å². The minimum atomic E-state index is -4.17. The topological polar surface area (TPSA) is 96.0 Å². The highest BCUT2D eigenvalue weighted by atomic mass is 35.5. The molecule has 4 rings (SSSR count). The van der Waals surface area contributed by atoms with E-state index in [0.29, 0.717) is 28.6 Å². The lowest BCUT2D eigenvalue weighted by Gasteiger charge is -2.32. The molecule has 0 aromatic heterocycles. The maximum Gasteiger partial charge on any atom is 0.264 e. The van der Waals surface area contributed by atoms with Gasteiger partial charge in [0.2, 0.25) is 11.8 Å². The van der Waals surface area contributed by atoms with Gasteiger partial charge < -0.3 is 15.0 Å². The molecule has 1 atom stereocenters. The van der Waals surface area contributed by atoms with E-state index in [2.05, 4.69) is 5.32 Å². The molecule has 0 saturated carbocycles. The second-order valence-corrected chi connectivity index (χ2v) is 11.7. The Hall–Kier alpha value is -4.34. The van der Waals surface area contributed by atoms with Crippen LogP contribution in [-0.2, 0) is 26.2 Å². The third-order valence-corrected chi connectivity index (χ3v) is 8.69. The molecule has 1 N–H and O–H groups in total. The van der Waals surface area contributed by atoms with Crippen molar-refractivity contribution in [1.29, 1.82) is 0 Å². The van der Waals surface area contributed by atoms with Crippen molar-refractivity contribution in [2.75, 3.05) is 17.4 Å². The van der Waals surface area contributed by atoms with Crippen LogP contribution in [0.25, 0.3) is 0 Å². The minimum absolute atomic E-state index is 0.0138. The lowest BCUT2D eigenvalue weighted by Crippen LogP contribution is -2.51. The average molecular weight is 606 g/mol. The van der Waals surface area contributed by atoms with Gasteiger partial charge in [0.1, 0.15) is 24.1 Å². The molecule has 4 aromatic carbocycles. The number of halogens is 1. The first kappa shape index (κ1) is 30.6. The largest absolute Gasteiger partial charge is 0.457 e. The first-order chi connectivity index (χ1) is 20.2. The number of nitrogens with one attached hydrogen (secondary N) is 1. The minimum Gasteiger partial charge on any atom is -0.457 e. The van der Waals surface area contributed by atoms with Crippen LogP contribution in [-0.4, -0.2) is 44.3 Å². The van der Waals surface area contributed by atoms with Crippen LogP contribution in [0.15, 0.2) is 114 Å².